The summed E-state index contributed by atoms with van der Waals surface area (Å²) in [5, 5.41) is 0. The average molecular weight is 845 g/mol. The minimum Gasteiger partial charge on any atom is -0.385 e. The molecule has 0 unspecified atom stereocenters. The Morgan fingerprint density at radius 3 is 1.64 bits per heavy atom. The summed E-state index contributed by atoms with van der Waals surface area (Å²) in [6.07, 6.45) is -5.10. The molecule has 0 N–H and O–H groups in total. The highest BCUT2D eigenvalue weighted by molar-refractivity contribution is 6.44. The number of nitrogens with zero attached hydrogens (tertiary/aromatic N) is 2. The van der Waals surface area contributed by atoms with Gasteiger partial charge in [-0.1, -0.05) is 158 Å². The van der Waals surface area contributed by atoms with Crippen LogP contribution in [0, 0.1) is 6.92 Å². The van der Waals surface area contributed by atoms with Crippen molar-refractivity contribution in [1.29, 1.82) is 0 Å². The molecular formula is C49H52BF7N2O2. The second kappa shape index (κ2) is 17.1. The summed E-state index contributed by atoms with van der Waals surface area (Å²) in [5.74, 6) is -8.84. The Bertz CT molecular complexity index is 2390. The first-order valence-corrected chi connectivity index (χ1v) is 20.4. The third kappa shape index (κ3) is 10.1. The third-order valence-corrected chi connectivity index (χ3v) is 10.7. The molecule has 0 aliphatic carbocycles. The van der Waals surface area contributed by atoms with Crippen molar-refractivity contribution in [2.75, 3.05) is 13.2 Å². The van der Waals surface area contributed by atoms with E-state index in [0.29, 0.717) is 59.1 Å². The number of hydrogen-bond donors (Lipinski definition) is 0. The fraction of sp³-hybridized carbons (Fsp3) is 0.367. The predicted octanol–water partition coefficient (Wildman–Crippen LogP) is 14.0. The number of hydrogen-bond acceptors (Lipinski definition) is 3. The van der Waals surface area contributed by atoms with E-state index in [1.807, 2.05) is 132 Å². The summed E-state index contributed by atoms with van der Waals surface area (Å²) < 4.78 is 113. The van der Waals surface area contributed by atoms with Crippen LogP contribution in [0.5, 0.6) is 0 Å². The lowest BCUT2D eigenvalue weighted by molar-refractivity contribution is -0.291. The highest BCUT2D eigenvalue weighted by atomic mass is 19.4. The van der Waals surface area contributed by atoms with Gasteiger partial charge in [0.05, 0.1) is 18.0 Å². The molecule has 1 aromatic heterocycles. The van der Waals surface area contributed by atoms with Crippen molar-refractivity contribution in [3.05, 3.63) is 142 Å². The maximum Gasteiger partial charge on any atom is 0.598 e. The minimum absolute atomic E-state index is 0.209. The van der Waals surface area contributed by atoms with E-state index in [9.17, 15) is 30.7 Å². The average Bonchev–Trinajstić information content (AvgIpc) is 3.76. The molecule has 4 nitrogen and oxygen atoms in total. The Balaban J connectivity index is 1.75. The van der Waals surface area contributed by atoms with E-state index in [1.165, 1.54) is 4.48 Å². The summed E-state index contributed by atoms with van der Waals surface area (Å²) in [6.45, 7) is 13.3. The number of halogens is 7. The van der Waals surface area contributed by atoms with E-state index in [1.54, 1.807) is 6.07 Å². The van der Waals surface area contributed by atoms with Crippen molar-refractivity contribution < 1.29 is 40.0 Å². The summed E-state index contributed by atoms with van der Waals surface area (Å²) in [5.41, 5.74) is 9.21. The number of rotatable bonds is 13. The van der Waals surface area contributed by atoms with Crippen LogP contribution in [0.3, 0.4) is 0 Å². The molecule has 322 valence electrons. The first-order chi connectivity index (χ1) is 28.4. The number of aliphatic imine (C=N–C) groups is 1. The molecule has 0 saturated carbocycles. The smallest absolute Gasteiger partial charge is 0.385 e. The Morgan fingerprint density at radius 1 is 0.623 bits per heavy atom. The maximum absolute atomic E-state index is 14.8. The number of aromatic nitrogens is 1. The second-order valence-corrected chi connectivity index (χ2v) is 18.0. The Labute approximate surface area is 354 Å². The van der Waals surface area contributed by atoms with Gasteiger partial charge in [0.1, 0.15) is 6.61 Å². The molecule has 61 heavy (non-hydrogen) atoms. The summed E-state index contributed by atoms with van der Waals surface area (Å²) in [6, 6.07) is 32.6. The van der Waals surface area contributed by atoms with Crippen molar-refractivity contribution in [1.82, 2.24) is 4.48 Å². The van der Waals surface area contributed by atoms with Crippen LogP contribution in [-0.2, 0) is 20.1 Å². The molecule has 0 amide bonds. The minimum atomic E-state index is -5.98. The second-order valence-electron chi connectivity index (χ2n) is 18.0. The van der Waals surface area contributed by atoms with Gasteiger partial charge in [0.25, 0.3) is 5.92 Å². The van der Waals surface area contributed by atoms with E-state index >= 15 is 0 Å². The lowest BCUT2D eigenvalue weighted by Gasteiger charge is -2.27. The van der Waals surface area contributed by atoms with E-state index in [2.05, 4.69) is 20.8 Å². The van der Waals surface area contributed by atoms with Gasteiger partial charge < -0.3 is 13.8 Å². The molecule has 0 saturated heterocycles. The number of benzene rings is 4. The Kier molecular flexibility index (Phi) is 12.8. The van der Waals surface area contributed by atoms with Gasteiger partial charge in [0.2, 0.25) is 0 Å². The first-order valence-electron chi connectivity index (χ1n) is 20.4. The number of alkyl halides is 7. The largest absolute Gasteiger partial charge is 0.598 e. The predicted molar refractivity (Wildman–Crippen MR) is 232 cm³/mol. The van der Waals surface area contributed by atoms with Gasteiger partial charge >= 0.3 is 19.4 Å². The summed E-state index contributed by atoms with van der Waals surface area (Å²) >= 11 is 0. The van der Waals surface area contributed by atoms with Crippen LogP contribution >= 0.6 is 0 Å². The van der Waals surface area contributed by atoms with Gasteiger partial charge in [-0.25, -0.2) is 13.8 Å². The highest BCUT2D eigenvalue weighted by Crippen LogP contribution is 2.46. The monoisotopic (exact) mass is 844 g/mol. The molecule has 12 heteroatoms. The molecule has 2 heterocycles. The molecule has 0 fully saturated rings. The SMILES string of the molecule is CCC/C(=C1/N=C(c2ccc(C)cc2)c2ccccc21)c1c(-c2ccc(C(C)(C)C)cc2)cc(-c2ccc(C(C)(C)C)cc2)n1B(OCC(C)(F)F)OCC(F)(F)C(F)(F)F. The molecule has 0 spiro atoms. The van der Waals surface area contributed by atoms with Crippen LogP contribution in [0.25, 0.3) is 33.7 Å². The van der Waals surface area contributed by atoms with Crippen molar-refractivity contribution in [2.24, 2.45) is 4.99 Å². The Morgan fingerprint density at radius 2 is 1.13 bits per heavy atom. The van der Waals surface area contributed by atoms with Gasteiger partial charge in [-0.2, -0.15) is 22.0 Å². The van der Waals surface area contributed by atoms with Crippen molar-refractivity contribution >= 4 is 24.2 Å². The summed E-state index contributed by atoms with van der Waals surface area (Å²) in [4.78, 5) is 5.27. The van der Waals surface area contributed by atoms with E-state index in [0.717, 1.165) is 33.4 Å². The van der Waals surface area contributed by atoms with E-state index in [-0.39, 0.29) is 16.5 Å². The zero-order valence-corrected chi connectivity index (χ0v) is 36.1. The van der Waals surface area contributed by atoms with Crippen molar-refractivity contribution in [3.63, 3.8) is 0 Å². The van der Waals surface area contributed by atoms with Crippen LogP contribution in [0.4, 0.5) is 30.7 Å². The van der Waals surface area contributed by atoms with Gasteiger partial charge in [0.15, 0.2) is 0 Å². The highest BCUT2D eigenvalue weighted by Gasteiger charge is 2.58. The topological polar surface area (TPSA) is 35.8 Å². The lowest BCUT2D eigenvalue weighted by atomic mass is 9.85. The first kappa shape index (κ1) is 45.6. The standard InChI is InChI=1S/C49H52BF7N2O2/c1-10-13-39(43-38-15-12-11-14-37(38)42(58-43)34-18-16-31(2)17-19-34)44-40(32-20-24-35(25-21-32)45(3,4)5)28-41(33-22-26-36(27-23-33)46(6,7)8)59(44)50(60-29-47(9,51)52)61-30-48(53,54)49(55,56)57/h11-12,14-28H,10,13,29-30H2,1-9H3/b43-39-. The number of allylic oxidation sites excluding steroid dienone is 1. The zero-order chi connectivity index (χ0) is 44.7. The van der Waals surface area contributed by atoms with Crippen LogP contribution < -0.4 is 0 Å². The van der Waals surface area contributed by atoms with Crippen LogP contribution in [0.15, 0.2) is 108 Å². The van der Waals surface area contributed by atoms with Gasteiger partial charge in [-0.15, -0.1) is 0 Å². The van der Waals surface area contributed by atoms with Crippen molar-refractivity contribution in [2.45, 2.75) is 104 Å². The fourth-order valence-corrected chi connectivity index (χ4v) is 7.35. The third-order valence-electron chi connectivity index (χ3n) is 10.7. The molecule has 0 atom stereocenters. The molecule has 6 rings (SSSR count). The van der Waals surface area contributed by atoms with E-state index in [4.69, 9.17) is 14.3 Å². The fourth-order valence-electron chi connectivity index (χ4n) is 7.35. The van der Waals surface area contributed by atoms with Gasteiger partial charge in [0, 0.05) is 46.1 Å². The molecule has 1 aliphatic rings. The molecule has 0 bridgehead atoms. The number of aryl methyl sites for hydroxylation is 1. The molecular weight excluding hydrogens is 792 g/mol. The van der Waals surface area contributed by atoms with Crippen molar-refractivity contribution in [3.8, 4) is 22.4 Å². The zero-order valence-electron chi connectivity index (χ0n) is 36.1. The number of fused-ring (bicyclic) bond motifs is 1. The van der Waals surface area contributed by atoms with E-state index < -0.39 is 38.5 Å². The van der Waals surface area contributed by atoms with Crippen LogP contribution in [0.2, 0.25) is 0 Å². The van der Waals surface area contributed by atoms with Gasteiger partial charge in [-0.3, -0.25) is 0 Å². The quantitative estimate of drug-likeness (QED) is 0.0874. The normalized spacial score (nSPS) is 14.6. The maximum atomic E-state index is 14.8. The molecule has 5 aromatic rings. The molecule has 1 aliphatic heterocycles. The van der Waals surface area contributed by atoms with Crippen LogP contribution in [0.1, 0.15) is 107 Å². The molecule has 0 radical (unpaired) electrons. The lowest BCUT2D eigenvalue weighted by Crippen LogP contribution is -2.46. The molecule has 4 aromatic carbocycles. The van der Waals surface area contributed by atoms with Gasteiger partial charge in [-0.05, 0) is 52.5 Å². The Hall–Kier alpha value is -4.94. The van der Waals surface area contributed by atoms with Crippen LogP contribution in [-0.4, -0.2) is 48.7 Å². The summed E-state index contributed by atoms with van der Waals surface area (Å²) in [7, 11) is -2.18.